The number of halogens is 4. The van der Waals surface area contributed by atoms with Crippen LogP contribution >= 0.6 is 11.6 Å². The molecule has 0 saturated heterocycles. The molecule has 12 heteroatoms. The number of rotatable bonds is 4. The molecule has 170 valence electrons. The largest absolute Gasteiger partial charge is 0.417 e. The number of nitrogens with one attached hydrogen (secondary N) is 2. The van der Waals surface area contributed by atoms with E-state index in [0.29, 0.717) is 22.7 Å². The van der Waals surface area contributed by atoms with Gasteiger partial charge in [0.25, 0.3) is 0 Å². The third-order valence-electron chi connectivity index (χ3n) is 4.67. The fraction of sp³-hybridized carbons (Fsp3) is 0.143. The van der Waals surface area contributed by atoms with Crippen LogP contribution in [0.2, 0.25) is 5.02 Å². The van der Waals surface area contributed by atoms with Crippen LogP contribution in [0.4, 0.5) is 35.2 Å². The lowest BCUT2D eigenvalue weighted by Gasteiger charge is -2.13. The second-order valence-corrected chi connectivity index (χ2v) is 7.60. The summed E-state index contributed by atoms with van der Waals surface area (Å²) in [5.74, 6) is 0.685. The number of aromatic nitrogens is 4. The minimum absolute atomic E-state index is 0.0397. The average Bonchev–Trinajstić information content (AvgIpc) is 3.19. The molecule has 0 radical (unpaired) electrons. The van der Waals surface area contributed by atoms with Crippen molar-refractivity contribution in [3.05, 3.63) is 65.7 Å². The normalized spacial score (nSPS) is 11.5. The molecule has 0 bridgehead atoms. The molecule has 2 aromatic carbocycles. The Morgan fingerprint density at radius 3 is 2.33 bits per heavy atom. The van der Waals surface area contributed by atoms with Crippen molar-refractivity contribution in [2.75, 3.05) is 29.6 Å². The Kier molecular flexibility index (Phi) is 5.81. The topological polar surface area (TPSA) is 88.0 Å². The first-order valence-electron chi connectivity index (χ1n) is 9.54. The highest BCUT2D eigenvalue weighted by molar-refractivity contribution is 6.31. The Bertz CT molecular complexity index is 1320. The van der Waals surface area contributed by atoms with Crippen LogP contribution in [0.1, 0.15) is 5.56 Å². The van der Waals surface area contributed by atoms with E-state index in [9.17, 15) is 18.0 Å². The lowest BCUT2D eigenvalue weighted by atomic mass is 10.2. The molecule has 33 heavy (non-hydrogen) atoms. The maximum atomic E-state index is 13.0. The van der Waals surface area contributed by atoms with Crippen LogP contribution in [-0.2, 0) is 6.18 Å². The molecule has 2 aromatic heterocycles. The van der Waals surface area contributed by atoms with Crippen LogP contribution in [0.5, 0.6) is 0 Å². The van der Waals surface area contributed by atoms with Crippen molar-refractivity contribution in [1.82, 2.24) is 19.5 Å². The van der Waals surface area contributed by atoms with E-state index in [2.05, 4.69) is 25.6 Å². The number of amides is 2. The number of fused-ring (bicyclic) bond motifs is 1. The molecule has 2 amide bonds. The zero-order valence-electron chi connectivity index (χ0n) is 17.4. The molecule has 0 aliphatic heterocycles. The molecule has 0 unspecified atom stereocenters. The highest BCUT2D eigenvalue weighted by Gasteiger charge is 2.33. The Balaban J connectivity index is 1.49. The molecule has 8 nitrogen and oxygen atoms in total. The third-order valence-corrected chi connectivity index (χ3v) is 5.00. The Hall–Kier alpha value is -3.86. The summed E-state index contributed by atoms with van der Waals surface area (Å²) in [6, 6.07) is 9.24. The summed E-state index contributed by atoms with van der Waals surface area (Å²) in [6.45, 7) is 0. The zero-order chi connectivity index (χ0) is 23.8. The summed E-state index contributed by atoms with van der Waals surface area (Å²) in [4.78, 5) is 27.0. The van der Waals surface area contributed by atoms with Crippen LogP contribution in [0, 0.1) is 0 Å². The van der Waals surface area contributed by atoms with E-state index in [1.54, 1.807) is 35.2 Å². The predicted molar refractivity (Wildman–Crippen MR) is 120 cm³/mol. The molecule has 0 aliphatic rings. The van der Waals surface area contributed by atoms with Crippen LogP contribution in [0.15, 0.2) is 55.1 Å². The molecule has 4 aromatic rings. The van der Waals surface area contributed by atoms with E-state index in [4.69, 9.17) is 11.6 Å². The van der Waals surface area contributed by atoms with Crippen molar-refractivity contribution in [2.45, 2.75) is 6.18 Å². The number of carbonyl (C=O) groups is 1. The maximum Gasteiger partial charge on any atom is 0.417 e. The number of urea groups is 1. The quantitative estimate of drug-likeness (QED) is 0.423. The summed E-state index contributed by atoms with van der Waals surface area (Å²) in [5.41, 5.74) is 1.39. The second-order valence-electron chi connectivity index (χ2n) is 7.20. The minimum Gasteiger partial charge on any atom is -0.361 e. The van der Waals surface area contributed by atoms with Gasteiger partial charge in [-0.3, -0.25) is 4.57 Å². The Morgan fingerprint density at radius 2 is 1.67 bits per heavy atom. The molecule has 0 aliphatic carbocycles. The van der Waals surface area contributed by atoms with Gasteiger partial charge in [0.05, 0.1) is 10.6 Å². The number of imidazole rings is 1. The van der Waals surface area contributed by atoms with Crippen molar-refractivity contribution in [3.63, 3.8) is 0 Å². The van der Waals surface area contributed by atoms with Crippen molar-refractivity contribution in [2.24, 2.45) is 0 Å². The average molecular weight is 476 g/mol. The Morgan fingerprint density at radius 1 is 1.00 bits per heavy atom. The second kappa shape index (κ2) is 8.58. The van der Waals surface area contributed by atoms with Gasteiger partial charge in [-0.1, -0.05) is 11.6 Å². The molecule has 2 heterocycles. The van der Waals surface area contributed by atoms with Gasteiger partial charge in [0, 0.05) is 31.2 Å². The number of alkyl halides is 3. The third kappa shape index (κ3) is 4.67. The smallest absolute Gasteiger partial charge is 0.361 e. The number of carbonyl (C=O) groups excluding carboxylic acids is 1. The van der Waals surface area contributed by atoms with Gasteiger partial charge in [0.1, 0.15) is 12.7 Å². The lowest BCUT2D eigenvalue weighted by molar-refractivity contribution is -0.137. The lowest BCUT2D eigenvalue weighted by Crippen LogP contribution is -2.20. The summed E-state index contributed by atoms with van der Waals surface area (Å²) in [6.07, 6.45) is -1.55. The minimum atomic E-state index is -4.63. The van der Waals surface area contributed by atoms with Gasteiger partial charge in [-0.05, 0) is 42.5 Å². The molecular formula is C21H17ClF3N7O. The van der Waals surface area contributed by atoms with Crippen molar-refractivity contribution in [3.8, 4) is 5.69 Å². The highest BCUT2D eigenvalue weighted by Crippen LogP contribution is 2.36. The van der Waals surface area contributed by atoms with Crippen LogP contribution in [-0.4, -0.2) is 39.6 Å². The summed E-state index contributed by atoms with van der Waals surface area (Å²) < 4.78 is 40.8. The fourth-order valence-electron chi connectivity index (χ4n) is 3.16. The number of hydrogen-bond donors (Lipinski definition) is 2. The number of benzene rings is 2. The van der Waals surface area contributed by atoms with Gasteiger partial charge >= 0.3 is 12.2 Å². The predicted octanol–water partition coefficient (Wildman–Crippen LogP) is 5.20. The number of nitrogens with zero attached hydrogens (tertiary/aromatic N) is 5. The Labute approximate surface area is 191 Å². The van der Waals surface area contributed by atoms with Gasteiger partial charge in [0.2, 0.25) is 0 Å². The molecule has 0 fully saturated rings. The zero-order valence-corrected chi connectivity index (χ0v) is 18.1. The van der Waals surface area contributed by atoms with Gasteiger partial charge in [-0.2, -0.15) is 13.2 Å². The molecular weight excluding hydrogens is 459 g/mol. The SMILES string of the molecule is CN(C)c1ncnc2c1ncn2-c1ccc(NC(=O)Nc2ccc(Cl)c(C(F)(F)F)c2)cc1. The standard InChI is InChI=1S/C21H17ClF3N7O/c1-31(2)18-17-19(27-10-26-18)32(11-28-17)14-6-3-12(4-7-14)29-20(33)30-13-5-8-16(22)15(9-13)21(23,24)25/h3-11H,1-2H3,(H2,29,30,33). The summed E-state index contributed by atoms with van der Waals surface area (Å²) >= 11 is 5.60. The van der Waals surface area contributed by atoms with Gasteiger partial charge < -0.3 is 15.5 Å². The van der Waals surface area contributed by atoms with Crippen LogP contribution < -0.4 is 15.5 Å². The number of hydrogen-bond acceptors (Lipinski definition) is 5. The van der Waals surface area contributed by atoms with E-state index >= 15 is 0 Å². The first-order valence-corrected chi connectivity index (χ1v) is 9.92. The highest BCUT2D eigenvalue weighted by atomic mass is 35.5. The number of anilines is 3. The molecule has 0 atom stereocenters. The first kappa shape index (κ1) is 22.3. The van der Waals surface area contributed by atoms with E-state index in [-0.39, 0.29) is 5.69 Å². The van der Waals surface area contributed by atoms with Gasteiger partial charge in [-0.15, -0.1) is 0 Å². The van der Waals surface area contributed by atoms with Gasteiger partial charge in [0.15, 0.2) is 17.0 Å². The van der Waals surface area contributed by atoms with Crippen molar-refractivity contribution >= 4 is 46.0 Å². The maximum absolute atomic E-state index is 13.0. The fourth-order valence-corrected chi connectivity index (χ4v) is 3.38. The van der Waals surface area contributed by atoms with E-state index < -0.39 is 22.8 Å². The summed E-state index contributed by atoms with van der Waals surface area (Å²) in [7, 11) is 3.72. The van der Waals surface area contributed by atoms with Crippen molar-refractivity contribution in [1.29, 1.82) is 0 Å². The monoisotopic (exact) mass is 475 g/mol. The van der Waals surface area contributed by atoms with E-state index in [1.165, 1.54) is 12.4 Å². The van der Waals surface area contributed by atoms with Crippen LogP contribution in [0.25, 0.3) is 16.9 Å². The van der Waals surface area contributed by atoms with E-state index in [1.807, 2.05) is 19.0 Å². The molecule has 2 N–H and O–H groups in total. The summed E-state index contributed by atoms with van der Waals surface area (Å²) in [5, 5.41) is 4.50. The van der Waals surface area contributed by atoms with Crippen molar-refractivity contribution < 1.29 is 18.0 Å². The van der Waals surface area contributed by atoms with Gasteiger partial charge in [-0.25, -0.2) is 19.7 Å². The van der Waals surface area contributed by atoms with E-state index in [0.717, 1.165) is 17.8 Å². The molecule has 0 spiro atoms. The first-order chi connectivity index (χ1) is 15.6. The molecule has 0 saturated carbocycles. The van der Waals surface area contributed by atoms with Crippen LogP contribution in [0.3, 0.4) is 0 Å². The molecule has 4 rings (SSSR count).